The Kier molecular flexibility index (Phi) is 6.13. The van der Waals surface area contributed by atoms with E-state index in [1.54, 1.807) is 0 Å². The minimum Gasteiger partial charge on any atom is -0.456 e. The summed E-state index contributed by atoms with van der Waals surface area (Å²) in [4.78, 5) is 11.2. The summed E-state index contributed by atoms with van der Waals surface area (Å²) in [5.74, 6) is 5.27. The average Bonchev–Trinajstić information content (AvgIpc) is 2.33. The standard InChI is InChI=1S/C13H13ClO2/c14-10-4-5-11-16-13(15)9-8-12-6-2-1-3-7-12/h1-3,6-7H,4-5,10-11H2. The first kappa shape index (κ1) is 12.6. The molecule has 1 aromatic carbocycles. The zero-order valence-corrected chi connectivity index (χ0v) is 9.67. The second-order valence-electron chi connectivity index (χ2n) is 3.15. The van der Waals surface area contributed by atoms with Gasteiger partial charge in [0.1, 0.15) is 0 Å². The van der Waals surface area contributed by atoms with Crippen molar-refractivity contribution in [2.24, 2.45) is 0 Å². The Morgan fingerprint density at radius 3 is 2.69 bits per heavy atom. The van der Waals surface area contributed by atoms with Crippen molar-refractivity contribution in [1.29, 1.82) is 0 Å². The first-order chi connectivity index (χ1) is 7.83. The lowest BCUT2D eigenvalue weighted by atomic mass is 10.2. The Balaban J connectivity index is 2.32. The quantitative estimate of drug-likeness (QED) is 0.348. The van der Waals surface area contributed by atoms with E-state index in [0.29, 0.717) is 12.5 Å². The van der Waals surface area contributed by atoms with E-state index in [0.717, 1.165) is 18.4 Å². The van der Waals surface area contributed by atoms with Crippen LogP contribution in [0, 0.1) is 11.8 Å². The lowest BCUT2D eigenvalue weighted by molar-refractivity contribution is -0.136. The largest absolute Gasteiger partial charge is 0.456 e. The molecule has 0 aliphatic heterocycles. The highest BCUT2D eigenvalue weighted by Gasteiger charge is 1.95. The number of benzene rings is 1. The van der Waals surface area contributed by atoms with E-state index in [-0.39, 0.29) is 0 Å². The molecule has 16 heavy (non-hydrogen) atoms. The van der Waals surface area contributed by atoms with Crippen molar-refractivity contribution in [3.63, 3.8) is 0 Å². The fourth-order valence-corrected chi connectivity index (χ4v) is 1.23. The van der Waals surface area contributed by atoms with Gasteiger partial charge in [0.2, 0.25) is 0 Å². The predicted molar refractivity (Wildman–Crippen MR) is 64.2 cm³/mol. The second kappa shape index (κ2) is 7.78. The molecule has 0 N–H and O–H groups in total. The molecule has 0 saturated carbocycles. The highest BCUT2D eigenvalue weighted by molar-refractivity contribution is 6.17. The smallest absolute Gasteiger partial charge is 0.384 e. The summed E-state index contributed by atoms with van der Waals surface area (Å²) in [6.45, 7) is 0.384. The predicted octanol–water partition coefficient (Wildman–Crippen LogP) is 2.60. The molecule has 1 rings (SSSR count). The van der Waals surface area contributed by atoms with Crippen molar-refractivity contribution in [2.75, 3.05) is 12.5 Å². The Morgan fingerprint density at radius 2 is 2.00 bits per heavy atom. The molecule has 0 radical (unpaired) electrons. The van der Waals surface area contributed by atoms with Crippen LogP contribution in [-0.4, -0.2) is 18.5 Å². The van der Waals surface area contributed by atoms with E-state index < -0.39 is 5.97 Å². The number of alkyl halides is 1. The van der Waals surface area contributed by atoms with Crippen LogP contribution in [0.5, 0.6) is 0 Å². The van der Waals surface area contributed by atoms with E-state index in [4.69, 9.17) is 16.3 Å². The van der Waals surface area contributed by atoms with Crippen LogP contribution < -0.4 is 0 Å². The first-order valence-corrected chi connectivity index (χ1v) is 5.66. The van der Waals surface area contributed by atoms with Gasteiger partial charge in [0, 0.05) is 17.4 Å². The van der Waals surface area contributed by atoms with Gasteiger partial charge in [0.15, 0.2) is 0 Å². The van der Waals surface area contributed by atoms with Crippen LogP contribution >= 0.6 is 11.6 Å². The molecule has 0 fully saturated rings. The van der Waals surface area contributed by atoms with Gasteiger partial charge >= 0.3 is 5.97 Å². The van der Waals surface area contributed by atoms with Gasteiger partial charge in [-0.15, -0.1) is 11.6 Å². The molecule has 0 amide bonds. The molecule has 0 aromatic heterocycles. The van der Waals surface area contributed by atoms with E-state index in [1.165, 1.54) is 0 Å². The number of unbranched alkanes of at least 4 members (excludes halogenated alkanes) is 1. The number of hydrogen-bond donors (Lipinski definition) is 0. The van der Waals surface area contributed by atoms with Gasteiger partial charge in [-0.25, -0.2) is 4.79 Å². The van der Waals surface area contributed by atoms with Gasteiger partial charge in [-0.2, -0.15) is 0 Å². The Morgan fingerprint density at radius 1 is 1.25 bits per heavy atom. The van der Waals surface area contributed by atoms with Crippen molar-refractivity contribution < 1.29 is 9.53 Å². The lowest BCUT2D eigenvalue weighted by Gasteiger charge is -1.97. The summed E-state index contributed by atoms with van der Waals surface area (Å²) in [7, 11) is 0. The number of hydrogen-bond acceptors (Lipinski definition) is 2. The molecule has 2 nitrogen and oxygen atoms in total. The SMILES string of the molecule is O=C(C#Cc1ccccc1)OCCCCCl. The molecular formula is C13H13ClO2. The number of halogens is 1. The van der Waals surface area contributed by atoms with Gasteiger partial charge in [-0.05, 0) is 25.0 Å². The zero-order valence-electron chi connectivity index (χ0n) is 8.91. The third-order valence-corrected chi connectivity index (χ3v) is 2.11. The van der Waals surface area contributed by atoms with Crippen molar-refractivity contribution in [2.45, 2.75) is 12.8 Å². The third-order valence-electron chi connectivity index (χ3n) is 1.84. The van der Waals surface area contributed by atoms with E-state index >= 15 is 0 Å². The van der Waals surface area contributed by atoms with Gasteiger partial charge in [0.25, 0.3) is 0 Å². The molecule has 0 bridgehead atoms. The molecule has 3 heteroatoms. The maximum Gasteiger partial charge on any atom is 0.384 e. The molecule has 0 spiro atoms. The number of ether oxygens (including phenoxy) is 1. The van der Waals surface area contributed by atoms with Crippen molar-refractivity contribution >= 4 is 17.6 Å². The van der Waals surface area contributed by atoms with E-state index in [2.05, 4.69) is 11.8 Å². The third kappa shape index (κ3) is 5.43. The van der Waals surface area contributed by atoms with Crippen LogP contribution in [-0.2, 0) is 9.53 Å². The molecule has 0 aliphatic carbocycles. The van der Waals surface area contributed by atoms with Gasteiger partial charge in [-0.3, -0.25) is 0 Å². The van der Waals surface area contributed by atoms with Crippen LogP contribution in [0.15, 0.2) is 30.3 Å². The van der Waals surface area contributed by atoms with E-state index in [1.807, 2.05) is 30.3 Å². The fourth-order valence-electron chi connectivity index (χ4n) is 1.04. The molecule has 0 aliphatic rings. The van der Waals surface area contributed by atoms with Gasteiger partial charge in [-0.1, -0.05) is 24.1 Å². The molecule has 0 unspecified atom stereocenters. The Hall–Kier alpha value is -1.46. The molecular weight excluding hydrogens is 224 g/mol. The van der Waals surface area contributed by atoms with Gasteiger partial charge in [0.05, 0.1) is 6.61 Å². The average molecular weight is 237 g/mol. The molecule has 84 valence electrons. The minimum atomic E-state index is -0.488. The maximum atomic E-state index is 11.2. The summed E-state index contributed by atoms with van der Waals surface area (Å²) < 4.78 is 4.89. The fraction of sp³-hybridized carbons (Fsp3) is 0.308. The maximum absolute atomic E-state index is 11.2. The van der Waals surface area contributed by atoms with Crippen molar-refractivity contribution in [1.82, 2.24) is 0 Å². The topological polar surface area (TPSA) is 26.3 Å². The summed E-state index contributed by atoms with van der Waals surface area (Å²) >= 11 is 5.49. The van der Waals surface area contributed by atoms with Gasteiger partial charge < -0.3 is 4.74 Å². The first-order valence-electron chi connectivity index (χ1n) is 5.12. The van der Waals surface area contributed by atoms with Crippen LogP contribution in [0.4, 0.5) is 0 Å². The number of carbonyl (C=O) groups excluding carboxylic acids is 1. The highest BCUT2D eigenvalue weighted by Crippen LogP contribution is 1.95. The van der Waals surface area contributed by atoms with Crippen LogP contribution in [0.1, 0.15) is 18.4 Å². The highest BCUT2D eigenvalue weighted by atomic mass is 35.5. The summed E-state index contributed by atoms with van der Waals surface area (Å²) in [6.07, 6.45) is 1.63. The van der Waals surface area contributed by atoms with Crippen molar-refractivity contribution in [3.05, 3.63) is 35.9 Å². The molecule has 0 heterocycles. The summed E-state index contributed by atoms with van der Waals surface area (Å²) in [5.41, 5.74) is 0.806. The lowest BCUT2D eigenvalue weighted by Crippen LogP contribution is -2.02. The van der Waals surface area contributed by atoms with E-state index in [9.17, 15) is 4.79 Å². The second-order valence-corrected chi connectivity index (χ2v) is 3.53. The number of esters is 1. The summed E-state index contributed by atoms with van der Waals surface area (Å²) in [5, 5.41) is 0. The monoisotopic (exact) mass is 236 g/mol. The number of carbonyl (C=O) groups is 1. The van der Waals surface area contributed by atoms with Crippen LogP contribution in [0.2, 0.25) is 0 Å². The normalized spacial score (nSPS) is 9.06. The van der Waals surface area contributed by atoms with Crippen molar-refractivity contribution in [3.8, 4) is 11.8 Å². The molecule has 0 saturated heterocycles. The Labute approximate surface area is 101 Å². The van der Waals surface area contributed by atoms with Crippen LogP contribution in [0.3, 0.4) is 0 Å². The molecule has 0 atom stereocenters. The minimum absolute atomic E-state index is 0.384. The number of rotatable bonds is 4. The Bertz CT molecular complexity index is 376. The zero-order chi connectivity index (χ0) is 11.6. The van der Waals surface area contributed by atoms with Crippen LogP contribution in [0.25, 0.3) is 0 Å². The summed E-state index contributed by atoms with van der Waals surface area (Å²) in [6, 6.07) is 9.32. The molecule has 1 aromatic rings.